The molecule has 0 aliphatic heterocycles. The molecule has 0 spiro atoms. The number of alkyl halides is 4. The molecule has 1 fully saturated rings. The molecule has 4 N–H and O–H groups in total. The van der Waals surface area contributed by atoms with Crippen molar-refractivity contribution in [1.29, 1.82) is 0 Å². The molecule has 2 aromatic carbocycles. The number of nitrogens with zero attached hydrogens (tertiary/aromatic N) is 1. The molecule has 3 amide bonds. The standard InChI is InChI=1S/C21H17F5N4O3S/c22-11-2-4-12(5-3-11)27-18(32)30-19-29-15-7-1-10(9-16(15)34-19)20(33,21(24,25)26)17(31)28-14-8-6-13(14)23/h1-5,7,9,13-14,33H,6,8H2,(H,28,31)(H2,27,29,30,32)/t13-,14+,20+/m1/s1. The fourth-order valence-electron chi connectivity index (χ4n) is 3.31. The van der Waals surface area contributed by atoms with E-state index in [4.69, 9.17) is 0 Å². The van der Waals surface area contributed by atoms with Gasteiger partial charge in [-0.25, -0.2) is 18.6 Å². The summed E-state index contributed by atoms with van der Waals surface area (Å²) in [6, 6.07) is 6.13. The second-order valence-electron chi connectivity index (χ2n) is 7.67. The number of carbonyl (C=O) groups excluding carboxylic acids is 2. The lowest BCUT2D eigenvalue weighted by Crippen LogP contribution is -2.59. The van der Waals surface area contributed by atoms with Crippen molar-refractivity contribution in [2.45, 2.75) is 36.8 Å². The van der Waals surface area contributed by atoms with Crippen molar-refractivity contribution in [3.63, 3.8) is 0 Å². The molecule has 34 heavy (non-hydrogen) atoms. The number of hydrogen-bond donors (Lipinski definition) is 4. The Kier molecular flexibility index (Phi) is 6.16. The first-order valence-electron chi connectivity index (χ1n) is 9.96. The van der Waals surface area contributed by atoms with Gasteiger partial charge in [-0.2, -0.15) is 13.2 Å². The lowest BCUT2D eigenvalue weighted by Gasteiger charge is -2.36. The number of anilines is 2. The van der Waals surface area contributed by atoms with Crippen molar-refractivity contribution in [3.05, 3.63) is 53.8 Å². The molecule has 0 saturated heterocycles. The maximum atomic E-state index is 13.8. The van der Waals surface area contributed by atoms with Gasteiger partial charge in [-0.3, -0.25) is 10.1 Å². The normalized spacial score (nSPS) is 19.7. The van der Waals surface area contributed by atoms with E-state index in [0.29, 0.717) is 5.69 Å². The fraction of sp³-hybridized carbons (Fsp3) is 0.286. The monoisotopic (exact) mass is 500 g/mol. The quantitative estimate of drug-likeness (QED) is 0.389. The molecular formula is C21H17F5N4O3S. The number of hydrogen-bond acceptors (Lipinski definition) is 5. The molecule has 13 heteroatoms. The number of nitrogens with one attached hydrogen (secondary N) is 3. The van der Waals surface area contributed by atoms with Crippen LogP contribution in [0.3, 0.4) is 0 Å². The number of halogens is 5. The third kappa shape index (κ3) is 4.53. The topological polar surface area (TPSA) is 103 Å². The highest BCUT2D eigenvalue weighted by Gasteiger charge is 2.61. The van der Waals surface area contributed by atoms with Crippen LogP contribution in [0.15, 0.2) is 42.5 Å². The summed E-state index contributed by atoms with van der Waals surface area (Å²) in [7, 11) is 0. The smallest absolute Gasteiger partial charge is 0.369 e. The molecule has 1 saturated carbocycles. The molecule has 1 heterocycles. The maximum absolute atomic E-state index is 13.8. The van der Waals surface area contributed by atoms with Crippen molar-refractivity contribution in [1.82, 2.24) is 10.3 Å². The maximum Gasteiger partial charge on any atom is 0.430 e. The Bertz CT molecular complexity index is 1230. The zero-order valence-corrected chi connectivity index (χ0v) is 17.9. The molecule has 0 bridgehead atoms. The minimum atomic E-state index is -5.39. The molecule has 1 aliphatic carbocycles. The minimum Gasteiger partial charge on any atom is -0.369 e. The molecule has 4 rings (SSSR count). The van der Waals surface area contributed by atoms with Gasteiger partial charge < -0.3 is 15.7 Å². The third-order valence-corrected chi connectivity index (χ3v) is 6.31. The highest BCUT2D eigenvalue weighted by Crippen LogP contribution is 2.41. The number of urea groups is 1. The van der Waals surface area contributed by atoms with E-state index >= 15 is 0 Å². The van der Waals surface area contributed by atoms with Crippen molar-refractivity contribution in [2.75, 3.05) is 10.6 Å². The first-order chi connectivity index (χ1) is 16.0. The molecular weight excluding hydrogens is 483 g/mol. The first-order valence-corrected chi connectivity index (χ1v) is 10.8. The summed E-state index contributed by atoms with van der Waals surface area (Å²) < 4.78 is 68.0. The van der Waals surface area contributed by atoms with Crippen LogP contribution in [0.2, 0.25) is 0 Å². The van der Waals surface area contributed by atoms with E-state index in [-0.39, 0.29) is 28.2 Å². The van der Waals surface area contributed by atoms with Gasteiger partial charge in [-0.1, -0.05) is 17.4 Å². The van der Waals surface area contributed by atoms with Gasteiger partial charge in [-0.05, 0) is 49.2 Å². The van der Waals surface area contributed by atoms with Crippen LogP contribution < -0.4 is 16.0 Å². The largest absolute Gasteiger partial charge is 0.430 e. The van der Waals surface area contributed by atoms with Crippen molar-refractivity contribution in [2.24, 2.45) is 0 Å². The number of fused-ring (bicyclic) bond motifs is 1. The Morgan fingerprint density at radius 3 is 2.35 bits per heavy atom. The second-order valence-corrected chi connectivity index (χ2v) is 8.70. The Morgan fingerprint density at radius 1 is 1.06 bits per heavy atom. The van der Waals surface area contributed by atoms with Crippen LogP contribution in [-0.4, -0.2) is 40.4 Å². The average Bonchev–Trinajstić information content (AvgIpc) is 3.17. The van der Waals surface area contributed by atoms with Gasteiger partial charge in [0.1, 0.15) is 12.0 Å². The summed E-state index contributed by atoms with van der Waals surface area (Å²) in [4.78, 5) is 28.6. The molecule has 1 aromatic heterocycles. The zero-order chi connectivity index (χ0) is 24.7. The van der Waals surface area contributed by atoms with Crippen LogP contribution in [0.1, 0.15) is 18.4 Å². The summed E-state index contributed by atoms with van der Waals surface area (Å²) in [6.07, 6.45) is -6.57. The van der Waals surface area contributed by atoms with Crippen LogP contribution >= 0.6 is 11.3 Å². The van der Waals surface area contributed by atoms with E-state index < -0.39 is 47.3 Å². The molecule has 7 nitrogen and oxygen atoms in total. The van der Waals surface area contributed by atoms with Gasteiger partial charge in [0.05, 0.1) is 16.3 Å². The van der Waals surface area contributed by atoms with E-state index in [0.717, 1.165) is 41.7 Å². The second kappa shape index (κ2) is 8.80. The predicted molar refractivity (Wildman–Crippen MR) is 115 cm³/mol. The number of carbonyl (C=O) groups is 2. The molecule has 180 valence electrons. The Morgan fingerprint density at radius 2 is 1.76 bits per heavy atom. The number of thiazole rings is 1. The van der Waals surface area contributed by atoms with Gasteiger partial charge in [0, 0.05) is 11.3 Å². The van der Waals surface area contributed by atoms with E-state index in [1.54, 1.807) is 0 Å². The van der Waals surface area contributed by atoms with Crippen LogP contribution in [0.5, 0.6) is 0 Å². The summed E-state index contributed by atoms with van der Waals surface area (Å²) in [5.41, 5.74) is -4.18. The van der Waals surface area contributed by atoms with Gasteiger partial charge in [0.15, 0.2) is 5.13 Å². The lowest BCUT2D eigenvalue weighted by molar-refractivity contribution is -0.257. The molecule has 3 aromatic rings. The highest BCUT2D eigenvalue weighted by molar-refractivity contribution is 7.22. The summed E-state index contributed by atoms with van der Waals surface area (Å²) in [6.45, 7) is 0. The predicted octanol–water partition coefficient (Wildman–Crippen LogP) is 4.45. The molecule has 0 unspecified atom stereocenters. The number of amides is 3. The van der Waals surface area contributed by atoms with Crippen molar-refractivity contribution < 1.29 is 36.6 Å². The lowest BCUT2D eigenvalue weighted by atomic mass is 9.87. The molecule has 1 aliphatic rings. The van der Waals surface area contributed by atoms with Crippen LogP contribution in [0.25, 0.3) is 10.2 Å². The molecule has 0 radical (unpaired) electrons. The number of benzene rings is 2. The SMILES string of the molecule is O=C(Nc1ccc(F)cc1)Nc1nc2ccc([C@](O)(C(=O)N[C@H]3CC[C@H]3F)C(F)(F)F)cc2s1. The Hall–Kier alpha value is -3.32. The fourth-order valence-corrected chi connectivity index (χ4v) is 4.21. The number of aliphatic hydroxyl groups is 1. The first kappa shape index (κ1) is 23.8. The summed E-state index contributed by atoms with van der Waals surface area (Å²) >= 11 is 0.808. The average molecular weight is 500 g/mol. The highest BCUT2D eigenvalue weighted by atomic mass is 32.1. The van der Waals surface area contributed by atoms with Gasteiger partial charge in [0.25, 0.3) is 11.5 Å². The molecule has 3 atom stereocenters. The van der Waals surface area contributed by atoms with E-state index in [1.165, 1.54) is 12.1 Å². The van der Waals surface area contributed by atoms with Gasteiger partial charge >= 0.3 is 12.2 Å². The Balaban J connectivity index is 1.56. The number of rotatable bonds is 5. The number of aromatic nitrogens is 1. The van der Waals surface area contributed by atoms with Crippen LogP contribution in [-0.2, 0) is 10.4 Å². The minimum absolute atomic E-state index is 0.0292. The van der Waals surface area contributed by atoms with E-state index in [1.807, 2.05) is 5.32 Å². The summed E-state index contributed by atoms with van der Waals surface area (Å²) in [5, 5.41) is 17.3. The van der Waals surface area contributed by atoms with E-state index in [9.17, 15) is 36.6 Å². The Labute approximate surface area is 193 Å². The third-order valence-electron chi connectivity index (χ3n) is 5.37. The van der Waals surface area contributed by atoms with Crippen LogP contribution in [0, 0.1) is 5.82 Å². The van der Waals surface area contributed by atoms with Crippen molar-refractivity contribution >= 4 is 44.3 Å². The zero-order valence-electron chi connectivity index (χ0n) is 17.1. The van der Waals surface area contributed by atoms with Gasteiger partial charge in [-0.15, -0.1) is 0 Å². The summed E-state index contributed by atoms with van der Waals surface area (Å²) in [5.74, 6) is -2.26. The van der Waals surface area contributed by atoms with Crippen LogP contribution in [0.4, 0.5) is 37.6 Å². The van der Waals surface area contributed by atoms with Gasteiger partial charge in [0.2, 0.25) is 0 Å². The van der Waals surface area contributed by atoms with E-state index in [2.05, 4.69) is 15.6 Å². The van der Waals surface area contributed by atoms with Crippen molar-refractivity contribution in [3.8, 4) is 0 Å².